The number of rotatable bonds is 8. The van der Waals surface area contributed by atoms with Gasteiger partial charge in [-0.05, 0) is 42.8 Å². The second-order valence-corrected chi connectivity index (χ2v) is 11.2. The summed E-state index contributed by atoms with van der Waals surface area (Å²) in [6.07, 6.45) is 7.66. The molecule has 0 spiro atoms. The third kappa shape index (κ3) is 5.34. The van der Waals surface area contributed by atoms with Crippen molar-refractivity contribution in [3.05, 3.63) is 83.2 Å². The standard InChI is InChI=1S/C27H23N7O2S2/c1-17-32-27(16-37-17)18-3-6-23(7-4-18)38(35,36)34-22-9-20(13-30-14-22)19-5-8-24-25(10-19)33-26(15-31-24)21(11-28)12-29-2/h3-16,21,28,34H,1-2H3. The molecule has 11 heteroatoms. The Kier molecular flexibility index (Phi) is 7.03. The van der Waals surface area contributed by atoms with Crippen molar-refractivity contribution in [1.82, 2.24) is 19.9 Å². The van der Waals surface area contributed by atoms with Crippen molar-refractivity contribution in [2.75, 3.05) is 11.8 Å². The number of aliphatic imine (C=N–C) groups is 1. The van der Waals surface area contributed by atoms with Gasteiger partial charge in [0.2, 0.25) is 0 Å². The van der Waals surface area contributed by atoms with E-state index in [-0.39, 0.29) is 10.8 Å². The molecule has 0 amide bonds. The Balaban J connectivity index is 1.40. The molecule has 1 atom stereocenters. The number of aromatic nitrogens is 4. The highest BCUT2D eigenvalue weighted by atomic mass is 32.2. The maximum Gasteiger partial charge on any atom is 0.261 e. The molecule has 1 unspecified atom stereocenters. The molecule has 0 saturated carbocycles. The van der Waals surface area contributed by atoms with E-state index in [1.165, 1.54) is 12.4 Å². The molecule has 0 radical (unpaired) electrons. The lowest BCUT2D eigenvalue weighted by atomic mass is 10.1. The van der Waals surface area contributed by atoms with Crippen molar-refractivity contribution in [3.63, 3.8) is 0 Å². The molecule has 38 heavy (non-hydrogen) atoms. The Morgan fingerprint density at radius 1 is 0.974 bits per heavy atom. The number of hydrogen-bond acceptors (Lipinski definition) is 9. The van der Waals surface area contributed by atoms with Crippen molar-refractivity contribution < 1.29 is 8.42 Å². The summed E-state index contributed by atoms with van der Waals surface area (Å²) in [5, 5.41) is 10.5. The first kappa shape index (κ1) is 25.3. The fraction of sp³-hybridized carbons (Fsp3) is 0.111. The SMILES string of the molecule is CN=CC(C=N)c1cnc2ccc(-c3cncc(NS(=O)(=O)c4ccc(-c5csc(C)n5)cc4)c3)cc2n1. The summed E-state index contributed by atoms with van der Waals surface area (Å²) in [7, 11) is -2.18. The lowest BCUT2D eigenvalue weighted by molar-refractivity contribution is 0.601. The largest absolute Gasteiger partial charge is 0.312 e. The van der Waals surface area contributed by atoms with Crippen molar-refractivity contribution in [1.29, 1.82) is 5.41 Å². The topological polar surface area (TPSA) is 134 Å². The molecule has 0 fully saturated rings. The van der Waals surface area contributed by atoms with E-state index in [9.17, 15) is 8.42 Å². The van der Waals surface area contributed by atoms with E-state index in [1.807, 2.05) is 30.5 Å². The van der Waals surface area contributed by atoms with Crippen LogP contribution in [0.1, 0.15) is 16.6 Å². The lowest BCUT2D eigenvalue weighted by Crippen LogP contribution is -2.13. The lowest BCUT2D eigenvalue weighted by Gasteiger charge is -2.11. The van der Waals surface area contributed by atoms with Crippen LogP contribution < -0.4 is 4.72 Å². The van der Waals surface area contributed by atoms with Gasteiger partial charge in [-0.3, -0.25) is 19.7 Å². The maximum atomic E-state index is 13.1. The van der Waals surface area contributed by atoms with Gasteiger partial charge in [0, 0.05) is 42.2 Å². The van der Waals surface area contributed by atoms with Gasteiger partial charge in [0.25, 0.3) is 10.0 Å². The fourth-order valence-electron chi connectivity index (χ4n) is 3.90. The number of aryl methyl sites for hydroxylation is 1. The van der Waals surface area contributed by atoms with Crippen molar-refractivity contribution in [3.8, 4) is 22.4 Å². The highest BCUT2D eigenvalue weighted by Gasteiger charge is 2.16. The highest BCUT2D eigenvalue weighted by molar-refractivity contribution is 7.92. The van der Waals surface area contributed by atoms with Crippen LogP contribution in [0.25, 0.3) is 33.4 Å². The second kappa shape index (κ2) is 10.6. The Labute approximate surface area is 224 Å². The number of nitrogens with zero attached hydrogens (tertiary/aromatic N) is 5. The number of thiazole rings is 1. The fourth-order valence-corrected chi connectivity index (χ4v) is 5.56. The number of sulfonamides is 1. The third-order valence-corrected chi connectivity index (χ3v) is 7.97. The van der Waals surface area contributed by atoms with Crippen LogP contribution in [0, 0.1) is 12.3 Å². The Morgan fingerprint density at radius 2 is 1.76 bits per heavy atom. The molecule has 0 aliphatic carbocycles. The number of anilines is 1. The highest BCUT2D eigenvalue weighted by Crippen LogP contribution is 2.27. The van der Waals surface area contributed by atoms with Crippen LogP contribution in [0.3, 0.4) is 0 Å². The number of pyridine rings is 1. The number of hydrogen-bond donors (Lipinski definition) is 2. The summed E-state index contributed by atoms with van der Waals surface area (Å²) in [4.78, 5) is 21.9. The van der Waals surface area contributed by atoms with Gasteiger partial charge in [-0.15, -0.1) is 11.3 Å². The first-order chi connectivity index (χ1) is 18.4. The second-order valence-electron chi connectivity index (χ2n) is 8.44. The monoisotopic (exact) mass is 541 g/mol. The van der Waals surface area contributed by atoms with Crippen LogP contribution in [-0.2, 0) is 10.0 Å². The number of benzene rings is 2. The van der Waals surface area contributed by atoms with Gasteiger partial charge >= 0.3 is 0 Å². The molecule has 0 bridgehead atoms. The minimum absolute atomic E-state index is 0.142. The van der Waals surface area contributed by atoms with Gasteiger partial charge < -0.3 is 5.41 Å². The predicted molar refractivity (Wildman–Crippen MR) is 152 cm³/mol. The smallest absolute Gasteiger partial charge is 0.261 e. The zero-order valence-corrected chi connectivity index (χ0v) is 22.2. The van der Waals surface area contributed by atoms with Crippen molar-refractivity contribution >= 4 is 50.5 Å². The molecule has 2 N–H and O–H groups in total. The van der Waals surface area contributed by atoms with E-state index in [1.54, 1.807) is 67.3 Å². The Morgan fingerprint density at radius 3 is 2.47 bits per heavy atom. The average molecular weight is 542 g/mol. The maximum absolute atomic E-state index is 13.1. The molecule has 0 saturated heterocycles. The third-order valence-electron chi connectivity index (χ3n) is 5.79. The molecule has 2 aromatic carbocycles. The Bertz CT molecular complexity index is 1760. The molecular weight excluding hydrogens is 518 g/mol. The van der Waals surface area contributed by atoms with Gasteiger partial charge in [0.15, 0.2) is 0 Å². The van der Waals surface area contributed by atoms with Crippen LogP contribution in [0.15, 0.2) is 82.4 Å². The molecule has 3 heterocycles. The molecule has 190 valence electrons. The first-order valence-electron chi connectivity index (χ1n) is 11.6. The van der Waals surface area contributed by atoms with E-state index in [0.29, 0.717) is 28.0 Å². The Hall–Kier alpha value is -4.35. The van der Waals surface area contributed by atoms with Gasteiger partial charge in [0.05, 0.1) is 56.3 Å². The molecule has 9 nitrogen and oxygen atoms in total. The number of fused-ring (bicyclic) bond motifs is 1. The molecule has 0 aliphatic heterocycles. The first-order valence-corrected chi connectivity index (χ1v) is 13.9. The van der Waals surface area contributed by atoms with Gasteiger partial charge in [0.1, 0.15) is 0 Å². The molecule has 5 rings (SSSR count). The van der Waals surface area contributed by atoms with Crippen molar-refractivity contribution in [2.45, 2.75) is 17.7 Å². The zero-order valence-electron chi connectivity index (χ0n) is 20.5. The van der Waals surface area contributed by atoms with E-state index < -0.39 is 10.0 Å². The minimum Gasteiger partial charge on any atom is -0.312 e. The van der Waals surface area contributed by atoms with Gasteiger partial charge in [-0.25, -0.2) is 18.4 Å². The van der Waals surface area contributed by atoms with Crippen molar-refractivity contribution in [2.24, 2.45) is 4.99 Å². The van der Waals surface area contributed by atoms with Crippen LogP contribution in [0.2, 0.25) is 0 Å². The van der Waals surface area contributed by atoms with E-state index >= 15 is 0 Å². The molecule has 3 aromatic heterocycles. The van der Waals surface area contributed by atoms with Crippen LogP contribution in [0.4, 0.5) is 5.69 Å². The molecular formula is C27H23N7O2S2. The van der Waals surface area contributed by atoms with Gasteiger partial charge in [-0.2, -0.15) is 0 Å². The van der Waals surface area contributed by atoms with Gasteiger partial charge in [-0.1, -0.05) is 18.2 Å². The minimum atomic E-state index is -3.83. The van der Waals surface area contributed by atoms with E-state index in [4.69, 9.17) is 5.41 Å². The normalized spacial score (nSPS) is 12.6. The zero-order chi connectivity index (χ0) is 26.7. The number of nitrogens with one attached hydrogen (secondary N) is 2. The summed E-state index contributed by atoms with van der Waals surface area (Å²) >= 11 is 1.55. The van der Waals surface area contributed by atoms with E-state index in [2.05, 4.69) is 29.7 Å². The average Bonchev–Trinajstić information content (AvgIpc) is 3.37. The predicted octanol–water partition coefficient (Wildman–Crippen LogP) is 5.36. The van der Waals surface area contributed by atoms with E-state index in [0.717, 1.165) is 21.8 Å². The summed E-state index contributed by atoms with van der Waals surface area (Å²) in [5.41, 5.74) is 5.50. The van der Waals surface area contributed by atoms with Crippen LogP contribution >= 0.6 is 11.3 Å². The van der Waals surface area contributed by atoms with Crippen LogP contribution in [0.5, 0.6) is 0 Å². The summed E-state index contributed by atoms with van der Waals surface area (Å²) in [6, 6.07) is 13.9. The molecule has 5 aromatic rings. The summed E-state index contributed by atoms with van der Waals surface area (Å²) in [6.45, 7) is 1.93. The van der Waals surface area contributed by atoms with Crippen LogP contribution in [-0.4, -0.2) is 47.8 Å². The summed E-state index contributed by atoms with van der Waals surface area (Å²) in [5.74, 6) is -0.361. The summed E-state index contributed by atoms with van der Waals surface area (Å²) < 4.78 is 28.7. The molecule has 0 aliphatic rings. The quantitative estimate of drug-likeness (QED) is 0.254.